The monoisotopic (exact) mass is 424 g/mol. The first kappa shape index (κ1) is 21.0. The topological polar surface area (TPSA) is 59.6 Å². The lowest BCUT2D eigenvalue weighted by atomic mass is 10.2. The van der Waals surface area contributed by atoms with E-state index in [0.717, 1.165) is 22.9 Å². The van der Waals surface area contributed by atoms with Crippen LogP contribution in [0.1, 0.15) is 6.92 Å². The minimum absolute atomic E-state index is 0.133. The van der Waals surface area contributed by atoms with Crippen molar-refractivity contribution in [1.82, 2.24) is 0 Å². The summed E-state index contributed by atoms with van der Waals surface area (Å²) in [6.07, 6.45) is 0. The van der Waals surface area contributed by atoms with E-state index in [4.69, 9.17) is 9.47 Å². The normalized spacial score (nSPS) is 11.3. The molecule has 0 aliphatic carbocycles. The van der Waals surface area contributed by atoms with Crippen LogP contribution in [0.2, 0.25) is 0 Å². The van der Waals surface area contributed by atoms with Crippen LogP contribution in [0.5, 0.6) is 23.0 Å². The van der Waals surface area contributed by atoms with Crippen molar-refractivity contribution in [2.45, 2.75) is 13.0 Å². The lowest BCUT2D eigenvalue weighted by Crippen LogP contribution is -2.31. The smallest absolute Gasteiger partial charge is 0.246 e. The lowest BCUT2D eigenvalue weighted by molar-refractivity contribution is -0.116. The Hall–Kier alpha value is -4.25. The zero-order valence-corrected chi connectivity index (χ0v) is 17.7. The van der Waals surface area contributed by atoms with E-state index in [-0.39, 0.29) is 5.91 Å². The van der Waals surface area contributed by atoms with Crippen molar-refractivity contribution in [2.75, 3.05) is 10.6 Å². The van der Waals surface area contributed by atoms with E-state index in [1.54, 1.807) is 0 Å². The van der Waals surface area contributed by atoms with Gasteiger partial charge in [0, 0.05) is 11.4 Å². The van der Waals surface area contributed by atoms with Crippen LogP contribution in [0, 0.1) is 0 Å². The summed E-state index contributed by atoms with van der Waals surface area (Å²) in [6, 6.07) is 33.5. The molecule has 0 aliphatic heterocycles. The molecule has 2 N–H and O–H groups in total. The second-order valence-corrected chi connectivity index (χ2v) is 7.23. The van der Waals surface area contributed by atoms with Crippen LogP contribution in [-0.2, 0) is 4.79 Å². The molecule has 4 rings (SSSR count). The van der Waals surface area contributed by atoms with Crippen molar-refractivity contribution in [3.8, 4) is 23.0 Å². The Kier molecular flexibility index (Phi) is 6.68. The Morgan fingerprint density at radius 2 is 1.00 bits per heavy atom. The first-order chi connectivity index (χ1) is 15.7. The molecule has 0 aliphatic rings. The number of amides is 1. The number of para-hydroxylation sites is 2. The van der Waals surface area contributed by atoms with Crippen molar-refractivity contribution in [3.05, 3.63) is 109 Å². The Morgan fingerprint density at radius 1 is 0.594 bits per heavy atom. The fraction of sp³-hybridized carbons (Fsp3) is 0.0741. The summed E-state index contributed by atoms with van der Waals surface area (Å²) in [4.78, 5) is 12.6. The number of nitrogens with one attached hydrogen (secondary N) is 2. The van der Waals surface area contributed by atoms with E-state index in [0.29, 0.717) is 11.4 Å². The molecular formula is C27H24N2O3. The van der Waals surface area contributed by atoms with Gasteiger partial charge in [0.25, 0.3) is 0 Å². The number of ether oxygens (including phenoxy) is 2. The van der Waals surface area contributed by atoms with Crippen LogP contribution in [0.4, 0.5) is 11.4 Å². The summed E-state index contributed by atoms with van der Waals surface area (Å²) in [7, 11) is 0. The van der Waals surface area contributed by atoms with E-state index >= 15 is 0 Å². The number of carbonyl (C=O) groups excluding carboxylic acids is 1. The maximum absolute atomic E-state index is 12.6. The van der Waals surface area contributed by atoms with Gasteiger partial charge in [0.2, 0.25) is 5.91 Å². The number of carbonyl (C=O) groups is 1. The quantitative estimate of drug-likeness (QED) is 0.330. The average Bonchev–Trinajstić information content (AvgIpc) is 2.83. The third-order valence-electron chi connectivity index (χ3n) is 4.71. The first-order valence-electron chi connectivity index (χ1n) is 10.4. The highest BCUT2D eigenvalue weighted by Crippen LogP contribution is 2.24. The highest BCUT2D eigenvalue weighted by Gasteiger charge is 2.13. The Labute approximate surface area is 187 Å². The molecule has 0 saturated carbocycles. The summed E-state index contributed by atoms with van der Waals surface area (Å²) in [5.74, 6) is 2.85. The van der Waals surface area contributed by atoms with Crippen LogP contribution in [0.3, 0.4) is 0 Å². The van der Waals surface area contributed by atoms with E-state index in [1.165, 1.54) is 0 Å². The van der Waals surface area contributed by atoms with Crippen LogP contribution in [0.15, 0.2) is 109 Å². The molecule has 0 saturated heterocycles. The first-order valence-corrected chi connectivity index (χ1v) is 10.4. The predicted octanol–water partition coefficient (Wildman–Crippen LogP) is 6.71. The minimum atomic E-state index is -0.420. The number of hydrogen-bond donors (Lipinski definition) is 2. The summed E-state index contributed by atoms with van der Waals surface area (Å²) in [5.41, 5.74) is 1.54. The summed E-state index contributed by atoms with van der Waals surface area (Å²) >= 11 is 0. The van der Waals surface area contributed by atoms with Gasteiger partial charge in [-0.25, -0.2) is 0 Å². The van der Waals surface area contributed by atoms with Crippen LogP contribution in [-0.4, -0.2) is 11.9 Å². The zero-order valence-electron chi connectivity index (χ0n) is 17.7. The lowest BCUT2D eigenvalue weighted by Gasteiger charge is -2.16. The number of hydrogen-bond acceptors (Lipinski definition) is 4. The zero-order chi connectivity index (χ0) is 22.2. The molecule has 0 fully saturated rings. The molecule has 0 radical (unpaired) electrons. The van der Waals surface area contributed by atoms with Gasteiger partial charge in [0.05, 0.1) is 0 Å². The number of benzene rings is 4. The second kappa shape index (κ2) is 10.2. The average molecular weight is 425 g/mol. The van der Waals surface area contributed by atoms with E-state index < -0.39 is 6.04 Å². The molecule has 5 heteroatoms. The Morgan fingerprint density at radius 3 is 1.47 bits per heavy atom. The summed E-state index contributed by atoms with van der Waals surface area (Å²) < 4.78 is 11.6. The molecule has 0 bridgehead atoms. The molecule has 5 nitrogen and oxygen atoms in total. The maximum Gasteiger partial charge on any atom is 0.246 e. The van der Waals surface area contributed by atoms with Gasteiger partial charge < -0.3 is 20.1 Å². The van der Waals surface area contributed by atoms with Gasteiger partial charge >= 0.3 is 0 Å². The standard InChI is InChI=1S/C27H24N2O3/c1-20(28-21-12-16-25(17-13-21)31-23-8-4-2-5-9-23)27(30)29-22-14-18-26(19-15-22)32-24-10-6-3-7-11-24/h2-20,28H,1H3,(H,29,30). The molecule has 0 aromatic heterocycles. The van der Waals surface area contributed by atoms with Gasteiger partial charge in [-0.3, -0.25) is 4.79 Å². The molecule has 32 heavy (non-hydrogen) atoms. The van der Waals surface area contributed by atoms with Gasteiger partial charge in [-0.05, 0) is 79.7 Å². The van der Waals surface area contributed by atoms with E-state index in [1.807, 2.05) is 116 Å². The van der Waals surface area contributed by atoms with Crippen molar-refractivity contribution in [1.29, 1.82) is 0 Å². The van der Waals surface area contributed by atoms with Gasteiger partial charge in [0.15, 0.2) is 0 Å². The molecule has 1 atom stereocenters. The number of anilines is 2. The fourth-order valence-corrected chi connectivity index (χ4v) is 3.04. The minimum Gasteiger partial charge on any atom is -0.457 e. The van der Waals surface area contributed by atoms with Crippen molar-refractivity contribution in [2.24, 2.45) is 0 Å². The van der Waals surface area contributed by atoms with Crippen molar-refractivity contribution in [3.63, 3.8) is 0 Å². The third kappa shape index (κ3) is 5.89. The molecular weight excluding hydrogens is 400 g/mol. The van der Waals surface area contributed by atoms with E-state index in [2.05, 4.69) is 10.6 Å². The summed E-state index contributed by atoms with van der Waals surface area (Å²) in [5, 5.41) is 6.12. The molecule has 4 aromatic carbocycles. The van der Waals surface area contributed by atoms with Gasteiger partial charge in [-0.2, -0.15) is 0 Å². The predicted molar refractivity (Wildman–Crippen MR) is 128 cm³/mol. The van der Waals surface area contributed by atoms with E-state index in [9.17, 15) is 4.79 Å². The Balaban J connectivity index is 1.29. The molecule has 0 heterocycles. The van der Waals surface area contributed by atoms with Crippen molar-refractivity contribution < 1.29 is 14.3 Å². The van der Waals surface area contributed by atoms with Crippen molar-refractivity contribution >= 4 is 17.3 Å². The van der Waals surface area contributed by atoms with Gasteiger partial charge in [-0.15, -0.1) is 0 Å². The van der Waals surface area contributed by atoms with Crippen LogP contribution >= 0.6 is 0 Å². The highest BCUT2D eigenvalue weighted by atomic mass is 16.5. The summed E-state index contributed by atoms with van der Waals surface area (Å²) in [6.45, 7) is 1.82. The molecule has 1 amide bonds. The molecule has 0 spiro atoms. The SMILES string of the molecule is CC(Nc1ccc(Oc2ccccc2)cc1)C(=O)Nc1ccc(Oc2ccccc2)cc1. The Bertz CT molecular complexity index is 1130. The highest BCUT2D eigenvalue weighted by molar-refractivity contribution is 5.96. The maximum atomic E-state index is 12.6. The molecule has 160 valence electrons. The van der Waals surface area contributed by atoms with Gasteiger partial charge in [-0.1, -0.05) is 36.4 Å². The van der Waals surface area contributed by atoms with Crippen LogP contribution in [0.25, 0.3) is 0 Å². The second-order valence-electron chi connectivity index (χ2n) is 7.23. The third-order valence-corrected chi connectivity index (χ3v) is 4.71. The fourth-order valence-electron chi connectivity index (χ4n) is 3.04. The number of rotatable bonds is 8. The largest absolute Gasteiger partial charge is 0.457 e. The van der Waals surface area contributed by atoms with Gasteiger partial charge in [0.1, 0.15) is 29.0 Å². The van der Waals surface area contributed by atoms with Crippen LogP contribution < -0.4 is 20.1 Å². The molecule has 4 aromatic rings. The molecule has 1 unspecified atom stereocenters.